The molecule has 3 aromatic rings. The third kappa shape index (κ3) is 3.13. The van der Waals surface area contributed by atoms with Gasteiger partial charge in [-0.15, -0.1) is 0 Å². The van der Waals surface area contributed by atoms with E-state index in [2.05, 4.69) is 19.9 Å². The SMILES string of the molecule is CCN(CC)c1cc2[nH]c(=O)[nH]c2cc1N=Cc1c(O)n(C)c(=O)n(C)c1=O. The molecule has 0 atom stereocenters. The highest BCUT2D eigenvalue weighted by molar-refractivity contribution is 5.91. The van der Waals surface area contributed by atoms with Gasteiger partial charge >= 0.3 is 11.4 Å². The molecule has 2 heterocycles. The van der Waals surface area contributed by atoms with Crippen molar-refractivity contribution in [3.05, 3.63) is 49.0 Å². The van der Waals surface area contributed by atoms with Crippen molar-refractivity contribution in [1.82, 2.24) is 19.1 Å². The van der Waals surface area contributed by atoms with E-state index >= 15 is 0 Å². The fourth-order valence-corrected chi connectivity index (χ4v) is 3.09. The average molecular weight is 386 g/mol. The van der Waals surface area contributed by atoms with Gasteiger partial charge in [0, 0.05) is 33.4 Å². The lowest BCUT2D eigenvalue weighted by molar-refractivity contribution is 0.410. The summed E-state index contributed by atoms with van der Waals surface area (Å²) in [5, 5.41) is 10.2. The van der Waals surface area contributed by atoms with Gasteiger partial charge in [-0.3, -0.25) is 18.9 Å². The van der Waals surface area contributed by atoms with E-state index in [1.807, 2.05) is 19.9 Å². The number of benzene rings is 1. The first-order valence-electron chi connectivity index (χ1n) is 8.82. The Morgan fingerprint density at radius 1 is 1.07 bits per heavy atom. The summed E-state index contributed by atoms with van der Waals surface area (Å²) in [6.45, 7) is 5.42. The van der Waals surface area contributed by atoms with Crippen LogP contribution in [0.2, 0.25) is 0 Å². The molecule has 0 saturated carbocycles. The van der Waals surface area contributed by atoms with Crippen LogP contribution in [0.1, 0.15) is 19.4 Å². The molecule has 10 nitrogen and oxygen atoms in total. The van der Waals surface area contributed by atoms with Crippen molar-refractivity contribution in [1.29, 1.82) is 0 Å². The quantitative estimate of drug-likeness (QED) is 0.552. The predicted octanol–water partition coefficient (Wildman–Crippen LogP) is 0.556. The summed E-state index contributed by atoms with van der Waals surface area (Å²) in [4.78, 5) is 47.7. The number of aliphatic imine (C=N–C) groups is 1. The van der Waals surface area contributed by atoms with Crippen LogP contribution < -0.4 is 21.8 Å². The Morgan fingerprint density at radius 3 is 2.29 bits per heavy atom. The molecule has 0 unspecified atom stereocenters. The van der Waals surface area contributed by atoms with Crippen LogP contribution in [0.4, 0.5) is 11.4 Å². The van der Waals surface area contributed by atoms with Crippen LogP contribution in [-0.2, 0) is 14.1 Å². The van der Waals surface area contributed by atoms with Crippen LogP contribution in [0, 0.1) is 0 Å². The van der Waals surface area contributed by atoms with E-state index in [9.17, 15) is 19.5 Å². The number of hydrogen-bond acceptors (Lipinski definition) is 6. The molecule has 0 amide bonds. The summed E-state index contributed by atoms with van der Waals surface area (Å²) in [5.74, 6) is -0.461. The van der Waals surface area contributed by atoms with Crippen LogP contribution in [0.3, 0.4) is 0 Å². The molecule has 0 spiro atoms. The summed E-state index contributed by atoms with van der Waals surface area (Å²) in [7, 11) is 2.70. The van der Waals surface area contributed by atoms with Crippen molar-refractivity contribution in [2.45, 2.75) is 13.8 Å². The molecule has 0 bridgehead atoms. The Balaban J connectivity index is 2.22. The lowest BCUT2D eigenvalue weighted by atomic mass is 10.2. The number of aromatic hydroxyl groups is 1. The third-order valence-corrected chi connectivity index (χ3v) is 4.72. The van der Waals surface area contributed by atoms with Crippen molar-refractivity contribution < 1.29 is 5.11 Å². The van der Waals surface area contributed by atoms with Crippen LogP contribution in [0.15, 0.2) is 31.5 Å². The number of imidazole rings is 1. The number of anilines is 1. The highest BCUT2D eigenvalue weighted by atomic mass is 16.3. The van der Waals surface area contributed by atoms with Crippen molar-refractivity contribution in [2.75, 3.05) is 18.0 Å². The molecular weight excluding hydrogens is 364 g/mol. The van der Waals surface area contributed by atoms with Gasteiger partial charge in [-0.05, 0) is 26.0 Å². The Labute approximate surface area is 159 Å². The normalized spacial score (nSPS) is 11.6. The van der Waals surface area contributed by atoms with Gasteiger partial charge in [-0.25, -0.2) is 9.59 Å². The molecule has 0 aliphatic rings. The largest absolute Gasteiger partial charge is 0.494 e. The van der Waals surface area contributed by atoms with E-state index in [-0.39, 0.29) is 11.3 Å². The number of aromatic nitrogens is 4. The number of aromatic amines is 2. The van der Waals surface area contributed by atoms with Gasteiger partial charge < -0.3 is 20.0 Å². The summed E-state index contributed by atoms with van der Waals surface area (Å²) >= 11 is 0. The van der Waals surface area contributed by atoms with Gasteiger partial charge in [0.15, 0.2) is 0 Å². The molecule has 3 rings (SSSR count). The Kier molecular flexibility index (Phi) is 4.95. The zero-order valence-electron chi connectivity index (χ0n) is 16.1. The van der Waals surface area contributed by atoms with Crippen molar-refractivity contribution in [3.63, 3.8) is 0 Å². The number of rotatable bonds is 5. The van der Waals surface area contributed by atoms with E-state index in [0.717, 1.165) is 14.8 Å². The number of nitrogens with one attached hydrogen (secondary N) is 2. The molecule has 28 heavy (non-hydrogen) atoms. The molecule has 0 fully saturated rings. The van der Waals surface area contributed by atoms with Gasteiger partial charge in [0.25, 0.3) is 5.56 Å². The van der Waals surface area contributed by atoms with Gasteiger partial charge in [0.2, 0.25) is 5.88 Å². The second-order valence-electron chi connectivity index (χ2n) is 6.34. The topological polar surface area (TPSA) is 128 Å². The highest BCUT2D eigenvalue weighted by Crippen LogP contribution is 2.32. The average Bonchev–Trinajstić information content (AvgIpc) is 3.04. The predicted molar refractivity (Wildman–Crippen MR) is 108 cm³/mol. The van der Waals surface area contributed by atoms with Crippen LogP contribution >= 0.6 is 0 Å². The molecule has 10 heteroatoms. The molecule has 0 saturated heterocycles. The molecule has 2 aromatic heterocycles. The first-order valence-corrected chi connectivity index (χ1v) is 8.82. The minimum absolute atomic E-state index is 0.0993. The summed E-state index contributed by atoms with van der Waals surface area (Å²) in [6.07, 6.45) is 1.23. The first kappa shape index (κ1) is 19.2. The van der Waals surface area contributed by atoms with Gasteiger partial charge in [0.05, 0.1) is 22.4 Å². The summed E-state index contributed by atoms with van der Waals surface area (Å²) in [5.41, 5.74) is 0.799. The number of fused-ring (bicyclic) bond motifs is 1. The lowest BCUT2D eigenvalue weighted by Gasteiger charge is -2.22. The Bertz CT molecular complexity index is 1240. The van der Waals surface area contributed by atoms with Crippen LogP contribution in [0.5, 0.6) is 5.88 Å². The zero-order valence-corrected chi connectivity index (χ0v) is 16.1. The third-order valence-electron chi connectivity index (χ3n) is 4.72. The van der Waals surface area contributed by atoms with E-state index in [1.165, 1.54) is 20.3 Å². The molecule has 0 aliphatic carbocycles. The van der Waals surface area contributed by atoms with Gasteiger partial charge in [-0.1, -0.05) is 0 Å². The Hall–Kier alpha value is -3.56. The van der Waals surface area contributed by atoms with E-state index in [4.69, 9.17) is 0 Å². The number of hydrogen-bond donors (Lipinski definition) is 3. The summed E-state index contributed by atoms with van der Waals surface area (Å²) < 4.78 is 1.88. The smallest absolute Gasteiger partial charge is 0.333 e. The standard InChI is InChI=1S/C18H22N6O4/c1-5-24(6-2)14-8-12-11(20-17(27)21-12)7-13(14)19-9-10-15(25)22(3)18(28)23(4)16(10)26/h7-9,25H,5-6H2,1-4H3,(H2,20,21,27). The van der Waals surface area contributed by atoms with Crippen LogP contribution in [-0.4, -0.2) is 43.5 Å². The van der Waals surface area contributed by atoms with Gasteiger partial charge in [0.1, 0.15) is 5.56 Å². The van der Waals surface area contributed by atoms with E-state index < -0.39 is 17.1 Å². The number of nitrogens with zero attached hydrogens (tertiary/aromatic N) is 4. The molecule has 3 N–H and O–H groups in total. The van der Waals surface area contributed by atoms with Crippen molar-refractivity contribution >= 4 is 28.6 Å². The maximum Gasteiger partial charge on any atom is 0.333 e. The fourth-order valence-electron chi connectivity index (χ4n) is 3.09. The maximum absolute atomic E-state index is 12.4. The lowest BCUT2D eigenvalue weighted by Crippen LogP contribution is -2.38. The van der Waals surface area contributed by atoms with Crippen molar-refractivity contribution in [3.8, 4) is 5.88 Å². The maximum atomic E-state index is 12.4. The van der Waals surface area contributed by atoms with Gasteiger partial charge in [-0.2, -0.15) is 0 Å². The van der Waals surface area contributed by atoms with Crippen LogP contribution in [0.25, 0.3) is 11.0 Å². The molecule has 1 aromatic carbocycles. The minimum Gasteiger partial charge on any atom is -0.494 e. The second kappa shape index (κ2) is 7.22. The second-order valence-corrected chi connectivity index (χ2v) is 6.34. The molecule has 148 valence electrons. The fraction of sp³-hybridized carbons (Fsp3) is 0.333. The molecule has 0 aliphatic heterocycles. The zero-order chi connectivity index (χ0) is 20.6. The highest BCUT2D eigenvalue weighted by Gasteiger charge is 2.15. The Morgan fingerprint density at radius 2 is 1.68 bits per heavy atom. The minimum atomic E-state index is -0.648. The van der Waals surface area contributed by atoms with Crippen molar-refractivity contribution in [2.24, 2.45) is 19.1 Å². The molecular formula is C18H22N6O4. The monoisotopic (exact) mass is 386 g/mol. The number of H-pyrrole nitrogens is 2. The van der Waals surface area contributed by atoms with E-state index in [0.29, 0.717) is 29.8 Å². The van der Waals surface area contributed by atoms with E-state index in [1.54, 1.807) is 6.07 Å². The first-order chi connectivity index (χ1) is 13.3. The summed E-state index contributed by atoms with van der Waals surface area (Å²) in [6, 6.07) is 3.51. The molecule has 0 radical (unpaired) electrons.